The number of benzene rings is 1. The van der Waals surface area contributed by atoms with Gasteiger partial charge in [0.25, 0.3) is 0 Å². The minimum atomic E-state index is 0.614. The second kappa shape index (κ2) is 6.74. The summed E-state index contributed by atoms with van der Waals surface area (Å²) < 4.78 is 5.65. The lowest BCUT2D eigenvalue weighted by atomic mass is 10.1. The molecule has 0 radical (unpaired) electrons. The Kier molecular flexibility index (Phi) is 5.28. The molecule has 0 fully saturated rings. The summed E-state index contributed by atoms with van der Waals surface area (Å²) >= 11 is 0. The average molecular weight is 228 g/mol. The van der Waals surface area contributed by atoms with Crippen LogP contribution in [0.25, 0.3) is 0 Å². The summed E-state index contributed by atoms with van der Waals surface area (Å²) in [5, 5.41) is 0. The minimum Gasteiger partial charge on any atom is -0.494 e. The van der Waals surface area contributed by atoms with E-state index in [-0.39, 0.29) is 0 Å². The van der Waals surface area contributed by atoms with Crippen LogP contribution in [0.5, 0.6) is 0 Å². The third-order valence-electron chi connectivity index (χ3n) is 2.55. The highest BCUT2D eigenvalue weighted by Gasteiger charge is 1.93. The Balaban J connectivity index is 2.50. The van der Waals surface area contributed by atoms with Crippen molar-refractivity contribution in [2.75, 3.05) is 0 Å². The molecule has 0 unspecified atom stereocenters. The van der Waals surface area contributed by atoms with E-state index >= 15 is 0 Å². The maximum Gasteiger partial charge on any atom is 0.113 e. The molecule has 0 N–H and O–H groups in total. The highest BCUT2D eigenvalue weighted by Crippen LogP contribution is 2.08. The molecule has 1 rings (SSSR count). The van der Waals surface area contributed by atoms with Crippen molar-refractivity contribution >= 4 is 0 Å². The van der Waals surface area contributed by atoms with Gasteiger partial charge in [-0.05, 0) is 38.0 Å². The van der Waals surface area contributed by atoms with Gasteiger partial charge < -0.3 is 4.74 Å². The molecule has 0 spiro atoms. The van der Waals surface area contributed by atoms with Crippen molar-refractivity contribution in [3.8, 4) is 0 Å². The fourth-order valence-corrected chi connectivity index (χ4v) is 1.20. The van der Waals surface area contributed by atoms with E-state index in [9.17, 15) is 0 Å². The normalized spacial score (nSPS) is 12.4. The van der Waals surface area contributed by atoms with Crippen LogP contribution in [0.15, 0.2) is 66.0 Å². The van der Waals surface area contributed by atoms with E-state index in [0.717, 1.165) is 11.3 Å². The Morgan fingerprint density at radius 2 is 1.76 bits per heavy atom. The first kappa shape index (κ1) is 13.3. The lowest BCUT2D eigenvalue weighted by Gasteiger charge is -2.05. The van der Waals surface area contributed by atoms with Crippen LogP contribution in [0, 0.1) is 0 Å². The fourth-order valence-electron chi connectivity index (χ4n) is 1.20. The third kappa shape index (κ3) is 5.21. The molecular formula is C16H20O. The highest BCUT2D eigenvalue weighted by atomic mass is 16.5. The average Bonchev–Trinajstić information content (AvgIpc) is 2.34. The summed E-state index contributed by atoms with van der Waals surface area (Å²) in [5.74, 6) is 0.912. The van der Waals surface area contributed by atoms with Crippen LogP contribution in [0.4, 0.5) is 0 Å². The molecule has 1 aromatic rings. The van der Waals surface area contributed by atoms with E-state index in [1.165, 1.54) is 11.1 Å². The quantitative estimate of drug-likeness (QED) is 0.527. The molecule has 0 bridgehead atoms. The minimum absolute atomic E-state index is 0.614. The Hall–Kier alpha value is -1.76. The molecule has 0 saturated heterocycles. The lowest BCUT2D eigenvalue weighted by Crippen LogP contribution is -1.90. The molecule has 0 aliphatic rings. The first-order chi connectivity index (χ1) is 8.09. The van der Waals surface area contributed by atoms with Crippen LogP contribution < -0.4 is 0 Å². The molecule has 90 valence electrons. The summed E-state index contributed by atoms with van der Waals surface area (Å²) in [6, 6.07) is 10.2. The Bertz CT molecular complexity index is 424. The molecule has 0 heterocycles. The first-order valence-electron chi connectivity index (χ1n) is 5.77. The maximum absolute atomic E-state index is 5.65. The predicted octanol–water partition coefficient (Wildman–Crippen LogP) is 4.63. The van der Waals surface area contributed by atoms with Gasteiger partial charge in [0.2, 0.25) is 0 Å². The monoisotopic (exact) mass is 228 g/mol. The summed E-state index contributed by atoms with van der Waals surface area (Å²) in [6.45, 7) is 10.5. The second-order valence-electron chi connectivity index (χ2n) is 4.18. The van der Waals surface area contributed by atoms with Gasteiger partial charge in [-0.1, -0.05) is 48.6 Å². The van der Waals surface area contributed by atoms with Crippen molar-refractivity contribution in [2.45, 2.75) is 27.4 Å². The SMILES string of the molecule is C=C(C)/C(C)=C/C=C(\C)OCc1ccccc1. The van der Waals surface area contributed by atoms with Crippen molar-refractivity contribution < 1.29 is 4.74 Å². The van der Waals surface area contributed by atoms with Crippen molar-refractivity contribution in [3.05, 3.63) is 71.5 Å². The number of ether oxygens (including phenoxy) is 1. The molecule has 1 heteroatoms. The van der Waals surface area contributed by atoms with Gasteiger partial charge in [0, 0.05) is 0 Å². The molecule has 0 aromatic heterocycles. The van der Waals surface area contributed by atoms with Gasteiger partial charge in [-0.15, -0.1) is 0 Å². The summed E-state index contributed by atoms with van der Waals surface area (Å²) in [6.07, 6.45) is 4.01. The van der Waals surface area contributed by atoms with E-state index in [4.69, 9.17) is 4.74 Å². The van der Waals surface area contributed by atoms with E-state index in [0.29, 0.717) is 6.61 Å². The van der Waals surface area contributed by atoms with E-state index in [2.05, 4.69) is 18.7 Å². The van der Waals surface area contributed by atoms with E-state index in [1.807, 2.05) is 51.1 Å². The zero-order chi connectivity index (χ0) is 12.7. The largest absolute Gasteiger partial charge is 0.494 e. The summed E-state index contributed by atoms with van der Waals surface area (Å²) in [5.41, 5.74) is 3.44. The van der Waals surface area contributed by atoms with Crippen molar-refractivity contribution in [3.63, 3.8) is 0 Å². The van der Waals surface area contributed by atoms with Crippen molar-refractivity contribution in [1.82, 2.24) is 0 Å². The molecule has 0 aliphatic heterocycles. The summed E-state index contributed by atoms with van der Waals surface area (Å²) in [4.78, 5) is 0. The first-order valence-corrected chi connectivity index (χ1v) is 5.77. The number of hydrogen-bond donors (Lipinski definition) is 0. The van der Waals surface area contributed by atoms with Gasteiger partial charge in [-0.3, -0.25) is 0 Å². The Labute approximate surface area is 104 Å². The smallest absolute Gasteiger partial charge is 0.113 e. The molecule has 17 heavy (non-hydrogen) atoms. The van der Waals surface area contributed by atoms with Crippen LogP contribution in [0.3, 0.4) is 0 Å². The zero-order valence-corrected chi connectivity index (χ0v) is 10.9. The second-order valence-corrected chi connectivity index (χ2v) is 4.18. The van der Waals surface area contributed by atoms with Crippen LogP contribution in [0.2, 0.25) is 0 Å². The fraction of sp³-hybridized carbons (Fsp3) is 0.250. The number of rotatable bonds is 5. The molecule has 0 aliphatic carbocycles. The zero-order valence-electron chi connectivity index (χ0n) is 10.9. The van der Waals surface area contributed by atoms with Crippen LogP contribution in [-0.2, 0) is 11.3 Å². The molecule has 0 atom stereocenters. The lowest BCUT2D eigenvalue weighted by molar-refractivity contribution is 0.201. The Morgan fingerprint density at radius 3 is 2.35 bits per heavy atom. The van der Waals surface area contributed by atoms with Crippen LogP contribution in [-0.4, -0.2) is 0 Å². The molecule has 1 aromatic carbocycles. The number of hydrogen-bond acceptors (Lipinski definition) is 1. The number of allylic oxidation sites excluding steroid dienone is 5. The molecule has 0 amide bonds. The standard InChI is InChI=1S/C16H20O/c1-13(2)14(3)10-11-15(4)17-12-16-8-6-5-7-9-16/h5-11H,1,12H2,2-4H3/b14-10+,15-11+. The third-order valence-corrected chi connectivity index (χ3v) is 2.55. The van der Waals surface area contributed by atoms with Gasteiger partial charge in [0.15, 0.2) is 0 Å². The van der Waals surface area contributed by atoms with Gasteiger partial charge >= 0.3 is 0 Å². The topological polar surface area (TPSA) is 9.23 Å². The highest BCUT2D eigenvalue weighted by molar-refractivity contribution is 5.28. The molecular weight excluding hydrogens is 208 g/mol. The van der Waals surface area contributed by atoms with Crippen LogP contribution in [0.1, 0.15) is 26.3 Å². The van der Waals surface area contributed by atoms with Crippen LogP contribution >= 0.6 is 0 Å². The maximum atomic E-state index is 5.65. The predicted molar refractivity (Wildman–Crippen MR) is 73.6 cm³/mol. The van der Waals surface area contributed by atoms with E-state index < -0.39 is 0 Å². The summed E-state index contributed by atoms with van der Waals surface area (Å²) in [7, 11) is 0. The Morgan fingerprint density at radius 1 is 1.12 bits per heavy atom. The van der Waals surface area contributed by atoms with Gasteiger partial charge in [-0.2, -0.15) is 0 Å². The van der Waals surface area contributed by atoms with Crippen molar-refractivity contribution in [1.29, 1.82) is 0 Å². The molecule has 0 saturated carbocycles. The van der Waals surface area contributed by atoms with Gasteiger partial charge in [0.1, 0.15) is 6.61 Å². The van der Waals surface area contributed by atoms with Gasteiger partial charge in [0.05, 0.1) is 5.76 Å². The van der Waals surface area contributed by atoms with E-state index in [1.54, 1.807) is 0 Å². The van der Waals surface area contributed by atoms with Crippen molar-refractivity contribution in [2.24, 2.45) is 0 Å². The molecule has 1 nitrogen and oxygen atoms in total. The van der Waals surface area contributed by atoms with Gasteiger partial charge in [-0.25, -0.2) is 0 Å².